The summed E-state index contributed by atoms with van der Waals surface area (Å²) in [6.45, 7) is 0. The monoisotopic (exact) mass is 295 g/mol. The Balaban J connectivity index is 2.45. The van der Waals surface area contributed by atoms with Crippen molar-refractivity contribution < 1.29 is 28.8 Å². The van der Waals surface area contributed by atoms with Crippen LogP contribution in [0.4, 0.5) is 5.69 Å². The fourth-order valence-electron chi connectivity index (χ4n) is 2.09. The summed E-state index contributed by atoms with van der Waals surface area (Å²) in [5, 5.41) is 38.1. The minimum Gasteiger partial charge on any atom is -0.504 e. The zero-order valence-corrected chi connectivity index (χ0v) is 10.6. The van der Waals surface area contributed by atoms with Gasteiger partial charge >= 0.3 is 0 Å². The zero-order chi connectivity index (χ0) is 14.7. The van der Waals surface area contributed by atoms with Crippen LogP contribution in [0.15, 0.2) is 29.2 Å². The quantitative estimate of drug-likeness (QED) is 0.466. The second-order valence-electron chi connectivity index (χ2n) is 4.30. The highest BCUT2D eigenvalue weighted by atomic mass is 32.2. The van der Waals surface area contributed by atoms with Gasteiger partial charge in [0.05, 0.1) is 4.90 Å². The molecule has 1 aliphatic rings. The summed E-state index contributed by atoms with van der Waals surface area (Å²) in [5.41, 5.74) is 0.215. The molecule has 1 aliphatic heterocycles. The van der Waals surface area contributed by atoms with E-state index in [9.17, 15) is 28.8 Å². The van der Waals surface area contributed by atoms with Crippen molar-refractivity contribution in [3.05, 3.63) is 24.3 Å². The number of benzene rings is 2. The molecule has 0 spiro atoms. The molecule has 0 amide bonds. The standard InChI is InChI=1S/C12H9NO6S/c14-7-2-1-5-6-3-8(15)9(16)4-10(6)20(18,19)13-11(5)12(7)17/h1-4,13-17H. The molecule has 0 saturated heterocycles. The van der Waals surface area contributed by atoms with Gasteiger partial charge in [0, 0.05) is 17.2 Å². The van der Waals surface area contributed by atoms with E-state index >= 15 is 0 Å². The average Bonchev–Trinajstić information content (AvgIpc) is 2.37. The van der Waals surface area contributed by atoms with Gasteiger partial charge in [-0.2, -0.15) is 0 Å². The molecule has 2 aromatic rings. The van der Waals surface area contributed by atoms with E-state index in [4.69, 9.17) is 0 Å². The first-order chi connectivity index (χ1) is 9.31. The number of phenolic OH excluding ortho intramolecular Hbond substituents is 4. The van der Waals surface area contributed by atoms with Crippen molar-refractivity contribution >= 4 is 15.7 Å². The van der Waals surface area contributed by atoms with E-state index in [1.165, 1.54) is 12.1 Å². The number of aromatic hydroxyl groups is 4. The van der Waals surface area contributed by atoms with Crippen LogP contribution >= 0.6 is 0 Å². The summed E-state index contributed by atoms with van der Waals surface area (Å²) in [6.07, 6.45) is 0. The van der Waals surface area contributed by atoms with E-state index in [-0.39, 0.29) is 21.7 Å². The second-order valence-corrected chi connectivity index (χ2v) is 5.95. The molecule has 8 heteroatoms. The third-order valence-electron chi connectivity index (χ3n) is 3.05. The van der Waals surface area contributed by atoms with Crippen LogP contribution in [-0.4, -0.2) is 28.8 Å². The maximum absolute atomic E-state index is 12.1. The number of rotatable bonds is 0. The van der Waals surface area contributed by atoms with Crippen LogP contribution in [0.2, 0.25) is 0 Å². The molecule has 0 aliphatic carbocycles. The van der Waals surface area contributed by atoms with Crippen molar-refractivity contribution in [3.63, 3.8) is 0 Å². The molecule has 5 N–H and O–H groups in total. The molecule has 0 aromatic heterocycles. The summed E-state index contributed by atoms with van der Waals surface area (Å²) >= 11 is 0. The van der Waals surface area contributed by atoms with Gasteiger partial charge in [-0.25, -0.2) is 8.42 Å². The minimum absolute atomic E-state index is 0.115. The number of phenols is 4. The number of hydrogen-bond acceptors (Lipinski definition) is 6. The largest absolute Gasteiger partial charge is 0.504 e. The van der Waals surface area contributed by atoms with Crippen LogP contribution in [0.25, 0.3) is 11.1 Å². The van der Waals surface area contributed by atoms with Gasteiger partial charge < -0.3 is 20.4 Å². The number of anilines is 1. The van der Waals surface area contributed by atoms with Crippen molar-refractivity contribution in [1.82, 2.24) is 0 Å². The van der Waals surface area contributed by atoms with E-state index < -0.39 is 33.0 Å². The molecule has 7 nitrogen and oxygen atoms in total. The van der Waals surface area contributed by atoms with E-state index in [1.807, 2.05) is 0 Å². The third kappa shape index (κ3) is 1.55. The fourth-order valence-corrected chi connectivity index (χ4v) is 3.40. The Morgan fingerprint density at radius 1 is 0.850 bits per heavy atom. The number of hydrogen-bond donors (Lipinski definition) is 5. The Morgan fingerprint density at radius 2 is 1.50 bits per heavy atom. The lowest BCUT2D eigenvalue weighted by molar-refractivity contribution is 0.402. The smallest absolute Gasteiger partial charge is 0.262 e. The molecule has 20 heavy (non-hydrogen) atoms. The Kier molecular flexibility index (Phi) is 2.30. The maximum Gasteiger partial charge on any atom is 0.262 e. The van der Waals surface area contributed by atoms with Crippen LogP contribution in [0.3, 0.4) is 0 Å². The van der Waals surface area contributed by atoms with E-state index in [0.717, 1.165) is 12.1 Å². The Morgan fingerprint density at radius 3 is 2.20 bits per heavy atom. The molecular weight excluding hydrogens is 286 g/mol. The van der Waals surface area contributed by atoms with Gasteiger partial charge in [0.1, 0.15) is 5.69 Å². The minimum atomic E-state index is -4.03. The molecule has 2 aromatic carbocycles. The van der Waals surface area contributed by atoms with Crippen molar-refractivity contribution in [2.24, 2.45) is 0 Å². The van der Waals surface area contributed by atoms with Crippen molar-refractivity contribution in [1.29, 1.82) is 0 Å². The summed E-state index contributed by atoms with van der Waals surface area (Å²) < 4.78 is 26.3. The van der Waals surface area contributed by atoms with Gasteiger partial charge in [0.25, 0.3) is 10.0 Å². The summed E-state index contributed by atoms with van der Waals surface area (Å²) in [4.78, 5) is -0.231. The average molecular weight is 295 g/mol. The third-order valence-corrected chi connectivity index (χ3v) is 4.44. The van der Waals surface area contributed by atoms with Crippen molar-refractivity contribution in [2.45, 2.75) is 4.90 Å². The lowest BCUT2D eigenvalue weighted by Gasteiger charge is -2.23. The SMILES string of the molecule is O=S1(=O)Nc2c(ccc(O)c2O)-c2cc(O)c(O)cc21. The lowest BCUT2D eigenvalue weighted by Crippen LogP contribution is -2.18. The van der Waals surface area contributed by atoms with Gasteiger partial charge in [-0.3, -0.25) is 4.72 Å². The van der Waals surface area contributed by atoms with Gasteiger partial charge in [-0.1, -0.05) is 0 Å². The molecular formula is C12H9NO6S. The molecule has 0 radical (unpaired) electrons. The first-order valence-corrected chi connectivity index (χ1v) is 6.93. The predicted octanol–water partition coefficient (Wildman–Crippen LogP) is 1.29. The summed E-state index contributed by atoms with van der Waals surface area (Å²) in [5.74, 6) is -2.14. The fraction of sp³-hybridized carbons (Fsp3) is 0. The second kappa shape index (κ2) is 3.70. The van der Waals surface area contributed by atoms with Crippen molar-refractivity contribution in [2.75, 3.05) is 4.72 Å². The Hall–Kier alpha value is -2.61. The van der Waals surface area contributed by atoms with E-state index in [0.29, 0.717) is 0 Å². The van der Waals surface area contributed by atoms with Gasteiger partial charge in [-0.15, -0.1) is 0 Å². The molecule has 0 bridgehead atoms. The Bertz CT molecular complexity index is 844. The summed E-state index contributed by atoms with van der Waals surface area (Å²) in [7, 11) is -4.03. The number of sulfonamides is 1. The molecule has 0 atom stereocenters. The number of nitrogens with one attached hydrogen (secondary N) is 1. The summed E-state index contributed by atoms with van der Waals surface area (Å²) in [6, 6.07) is 4.58. The highest BCUT2D eigenvalue weighted by molar-refractivity contribution is 7.93. The molecule has 1 heterocycles. The predicted molar refractivity (Wildman–Crippen MR) is 69.3 cm³/mol. The van der Waals surface area contributed by atoms with Crippen LogP contribution in [0, 0.1) is 0 Å². The maximum atomic E-state index is 12.1. The molecule has 104 valence electrons. The van der Waals surface area contributed by atoms with E-state index in [2.05, 4.69) is 4.72 Å². The molecule has 0 fully saturated rings. The number of fused-ring (bicyclic) bond motifs is 3. The van der Waals surface area contributed by atoms with Crippen LogP contribution < -0.4 is 4.72 Å². The highest BCUT2D eigenvalue weighted by Gasteiger charge is 2.31. The normalized spacial score (nSPS) is 15.0. The lowest BCUT2D eigenvalue weighted by atomic mass is 10.0. The molecule has 0 saturated carbocycles. The van der Waals surface area contributed by atoms with Gasteiger partial charge in [0.2, 0.25) is 0 Å². The van der Waals surface area contributed by atoms with E-state index in [1.54, 1.807) is 0 Å². The molecule has 0 unspecified atom stereocenters. The Labute approximate surface area is 113 Å². The van der Waals surface area contributed by atoms with Crippen LogP contribution in [-0.2, 0) is 10.0 Å². The van der Waals surface area contributed by atoms with Crippen LogP contribution in [0.1, 0.15) is 0 Å². The first-order valence-electron chi connectivity index (χ1n) is 5.45. The highest BCUT2D eigenvalue weighted by Crippen LogP contribution is 2.49. The van der Waals surface area contributed by atoms with Gasteiger partial charge in [-0.05, 0) is 18.2 Å². The first kappa shape index (κ1) is 12.4. The zero-order valence-electron chi connectivity index (χ0n) is 9.82. The van der Waals surface area contributed by atoms with Crippen molar-refractivity contribution in [3.8, 4) is 34.1 Å². The van der Waals surface area contributed by atoms with Gasteiger partial charge in [0.15, 0.2) is 23.0 Å². The topological polar surface area (TPSA) is 127 Å². The molecule has 3 rings (SSSR count). The van der Waals surface area contributed by atoms with Crippen LogP contribution in [0.5, 0.6) is 23.0 Å².